The van der Waals surface area contributed by atoms with Crippen molar-refractivity contribution in [2.75, 3.05) is 32.8 Å². The van der Waals surface area contributed by atoms with Crippen molar-refractivity contribution in [3.63, 3.8) is 0 Å². The van der Waals surface area contributed by atoms with E-state index < -0.39 is 27.5 Å². The number of carbonyl (C=O) groups is 1. The number of nitro groups is 1. The summed E-state index contributed by atoms with van der Waals surface area (Å²) < 4.78 is 32.3. The summed E-state index contributed by atoms with van der Waals surface area (Å²) in [4.78, 5) is 24.4. The molecule has 2 aromatic carbocycles. The maximum absolute atomic E-state index is 12.9. The smallest absolute Gasteiger partial charge is 0.311 e. The molecule has 0 radical (unpaired) electrons. The van der Waals surface area contributed by atoms with E-state index in [1.807, 2.05) is 6.07 Å². The lowest BCUT2D eigenvalue weighted by Crippen LogP contribution is -2.51. The summed E-state index contributed by atoms with van der Waals surface area (Å²) in [5.74, 6) is -0.400. The Hall–Kier alpha value is -3.49. The highest BCUT2D eigenvalue weighted by Crippen LogP contribution is 2.28. The minimum Gasteiger partial charge on any atom is -0.477 e. The van der Waals surface area contributed by atoms with Crippen LogP contribution in [-0.2, 0) is 14.8 Å². The second-order valence-electron chi connectivity index (χ2n) is 6.91. The Balaban J connectivity index is 1.62. The Morgan fingerprint density at radius 3 is 2.52 bits per heavy atom. The van der Waals surface area contributed by atoms with Gasteiger partial charge in [-0.3, -0.25) is 14.9 Å². The highest BCUT2D eigenvalue weighted by molar-refractivity contribution is 7.89. The monoisotopic (exact) mass is 444 g/mol. The summed E-state index contributed by atoms with van der Waals surface area (Å²) >= 11 is 0. The third-order valence-corrected chi connectivity index (χ3v) is 6.84. The second-order valence-corrected chi connectivity index (χ2v) is 8.82. The van der Waals surface area contributed by atoms with Crippen molar-refractivity contribution in [3.8, 4) is 11.8 Å². The van der Waals surface area contributed by atoms with Gasteiger partial charge in [-0.25, -0.2) is 8.42 Å². The molecule has 0 spiro atoms. The number of piperazine rings is 1. The summed E-state index contributed by atoms with van der Waals surface area (Å²) in [7, 11) is -3.86. The van der Waals surface area contributed by atoms with Crippen LogP contribution in [0.2, 0.25) is 0 Å². The number of carbonyl (C=O) groups excluding carboxylic acids is 1. The minimum atomic E-state index is -3.86. The van der Waals surface area contributed by atoms with Crippen molar-refractivity contribution < 1.29 is 22.9 Å². The van der Waals surface area contributed by atoms with Crippen molar-refractivity contribution in [1.82, 2.24) is 9.21 Å². The van der Waals surface area contributed by atoms with Crippen LogP contribution in [0.25, 0.3) is 0 Å². The highest BCUT2D eigenvalue weighted by atomic mass is 32.2. The molecule has 0 aromatic heterocycles. The average molecular weight is 444 g/mol. The van der Waals surface area contributed by atoms with Crippen LogP contribution in [0.15, 0.2) is 47.4 Å². The number of nitro benzene ring substituents is 1. The molecule has 1 saturated heterocycles. The molecule has 1 amide bonds. The molecule has 11 heteroatoms. The van der Waals surface area contributed by atoms with Gasteiger partial charge in [-0.1, -0.05) is 18.2 Å². The van der Waals surface area contributed by atoms with Crippen molar-refractivity contribution in [2.24, 2.45) is 0 Å². The zero-order valence-electron chi connectivity index (χ0n) is 16.7. The first-order valence-electron chi connectivity index (χ1n) is 9.39. The number of benzene rings is 2. The van der Waals surface area contributed by atoms with Gasteiger partial charge < -0.3 is 9.64 Å². The van der Waals surface area contributed by atoms with E-state index in [4.69, 9.17) is 4.74 Å². The Morgan fingerprint density at radius 2 is 1.87 bits per heavy atom. The lowest BCUT2D eigenvalue weighted by molar-refractivity contribution is -0.385. The molecule has 0 saturated carbocycles. The number of amides is 1. The first-order valence-corrected chi connectivity index (χ1v) is 10.8. The number of nitriles is 1. The van der Waals surface area contributed by atoms with Crippen LogP contribution >= 0.6 is 0 Å². The number of sulfonamides is 1. The first-order chi connectivity index (χ1) is 14.7. The lowest BCUT2D eigenvalue weighted by Gasteiger charge is -2.34. The largest absolute Gasteiger partial charge is 0.477 e. The number of hydrogen-bond donors (Lipinski definition) is 0. The molecule has 1 fully saturated rings. The number of hydrogen-bond acceptors (Lipinski definition) is 7. The van der Waals surface area contributed by atoms with Gasteiger partial charge in [0.2, 0.25) is 10.0 Å². The summed E-state index contributed by atoms with van der Waals surface area (Å²) in [6.07, 6.45) is 0. The first kappa shape index (κ1) is 22.2. The Morgan fingerprint density at radius 1 is 1.19 bits per heavy atom. The Labute approximate surface area is 179 Å². The highest BCUT2D eigenvalue weighted by Gasteiger charge is 2.31. The molecular weight excluding hydrogens is 424 g/mol. The molecule has 31 heavy (non-hydrogen) atoms. The quantitative estimate of drug-likeness (QED) is 0.489. The van der Waals surface area contributed by atoms with Crippen molar-refractivity contribution in [3.05, 3.63) is 63.7 Å². The van der Waals surface area contributed by atoms with E-state index in [1.165, 1.54) is 33.5 Å². The third kappa shape index (κ3) is 4.82. The van der Waals surface area contributed by atoms with Crippen LogP contribution in [0.3, 0.4) is 0 Å². The fraction of sp³-hybridized carbons (Fsp3) is 0.300. The van der Waals surface area contributed by atoms with Crippen LogP contribution in [0, 0.1) is 28.4 Å². The lowest BCUT2D eigenvalue weighted by atomic mass is 10.2. The molecule has 10 nitrogen and oxygen atoms in total. The van der Waals surface area contributed by atoms with Gasteiger partial charge in [0.05, 0.1) is 15.4 Å². The second kappa shape index (κ2) is 9.11. The molecule has 162 valence electrons. The van der Waals surface area contributed by atoms with Crippen LogP contribution < -0.4 is 4.74 Å². The van der Waals surface area contributed by atoms with Gasteiger partial charge in [-0.15, -0.1) is 0 Å². The minimum absolute atomic E-state index is 0.00160. The van der Waals surface area contributed by atoms with Gasteiger partial charge in [0, 0.05) is 32.2 Å². The van der Waals surface area contributed by atoms with E-state index in [-0.39, 0.29) is 48.1 Å². The van der Waals surface area contributed by atoms with Crippen molar-refractivity contribution in [2.45, 2.75) is 11.8 Å². The van der Waals surface area contributed by atoms with Gasteiger partial charge in [0.15, 0.2) is 12.4 Å². The Kier molecular flexibility index (Phi) is 6.53. The van der Waals surface area contributed by atoms with Gasteiger partial charge in [-0.2, -0.15) is 9.57 Å². The third-order valence-electron chi connectivity index (χ3n) is 4.88. The maximum Gasteiger partial charge on any atom is 0.311 e. The summed E-state index contributed by atoms with van der Waals surface area (Å²) in [6.45, 7) is 1.74. The summed E-state index contributed by atoms with van der Waals surface area (Å²) in [5.41, 5.74) is 0.537. The molecule has 0 aliphatic carbocycles. The number of aryl methyl sites for hydroxylation is 1. The molecule has 1 heterocycles. The summed E-state index contributed by atoms with van der Waals surface area (Å²) in [6, 6.07) is 12.3. The van der Waals surface area contributed by atoms with Crippen LogP contribution in [-0.4, -0.2) is 61.2 Å². The Bertz CT molecular complexity index is 1150. The fourth-order valence-electron chi connectivity index (χ4n) is 3.22. The van der Waals surface area contributed by atoms with Crippen molar-refractivity contribution in [1.29, 1.82) is 5.26 Å². The van der Waals surface area contributed by atoms with E-state index in [2.05, 4.69) is 0 Å². The average Bonchev–Trinajstić information content (AvgIpc) is 2.77. The topological polar surface area (TPSA) is 134 Å². The van der Waals surface area contributed by atoms with Gasteiger partial charge >= 0.3 is 5.69 Å². The van der Waals surface area contributed by atoms with E-state index in [9.17, 15) is 28.6 Å². The molecule has 0 atom stereocenters. The maximum atomic E-state index is 12.9. The molecule has 3 rings (SSSR count). The van der Waals surface area contributed by atoms with E-state index in [1.54, 1.807) is 25.1 Å². The van der Waals surface area contributed by atoms with Crippen molar-refractivity contribution >= 4 is 21.6 Å². The molecule has 2 aromatic rings. The van der Waals surface area contributed by atoms with Crippen LogP contribution in [0.5, 0.6) is 5.75 Å². The summed E-state index contributed by atoms with van der Waals surface area (Å²) in [5, 5.41) is 20.3. The SMILES string of the molecule is Cc1ccc(OCC(=O)N2CCN(S(=O)(=O)c3ccccc3C#N)CC2)c([N+](=O)[O-])c1. The zero-order valence-corrected chi connectivity index (χ0v) is 17.5. The molecule has 0 N–H and O–H groups in total. The van der Waals surface area contributed by atoms with E-state index >= 15 is 0 Å². The van der Waals surface area contributed by atoms with E-state index in [0.29, 0.717) is 5.56 Å². The molecular formula is C20H20N4O6S. The van der Waals surface area contributed by atoms with Crippen LogP contribution in [0.1, 0.15) is 11.1 Å². The number of rotatable bonds is 6. The number of ether oxygens (including phenoxy) is 1. The van der Waals surface area contributed by atoms with Gasteiger partial charge in [0.1, 0.15) is 6.07 Å². The molecule has 0 unspecified atom stereocenters. The molecule has 1 aliphatic heterocycles. The van der Waals surface area contributed by atoms with Gasteiger partial charge in [-0.05, 0) is 30.7 Å². The molecule has 0 bridgehead atoms. The predicted molar refractivity (Wildman–Crippen MR) is 110 cm³/mol. The van der Waals surface area contributed by atoms with E-state index in [0.717, 1.165) is 0 Å². The fourth-order valence-corrected chi connectivity index (χ4v) is 4.79. The normalized spacial score (nSPS) is 14.6. The number of nitrogens with zero attached hydrogens (tertiary/aromatic N) is 4. The molecule has 1 aliphatic rings. The standard InChI is InChI=1S/C20H20N4O6S/c1-15-6-7-18(17(12-15)24(26)27)30-14-20(25)22-8-10-23(11-9-22)31(28,29)19-5-3-2-4-16(19)13-21/h2-7,12H,8-11,14H2,1H3. The van der Waals surface area contributed by atoms with Crippen LogP contribution in [0.4, 0.5) is 5.69 Å². The zero-order chi connectivity index (χ0) is 22.6. The van der Waals surface area contributed by atoms with Gasteiger partial charge in [0.25, 0.3) is 5.91 Å². The predicted octanol–water partition coefficient (Wildman–Crippen LogP) is 1.69.